The van der Waals surface area contributed by atoms with Crippen LogP contribution in [-0.4, -0.2) is 0 Å². The molecule has 19 heavy (non-hydrogen) atoms. The zero-order chi connectivity index (χ0) is 13.5. The van der Waals surface area contributed by atoms with Gasteiger partial charge in [-0.05, 0) is 29.3 Å². The Kier molecular flexibility index (Phi) is 4.62. The molecule has 2 aromatic rings. The molecule has 3 nitrogen and oxygen atoms in total. The highest BCUT2D eigenvalue weighted by Crippen LogP contribution is 2.08. The summed E-state index contributed by atoms with van der Waals surface area (Å²) in [6.07, 6.45) is 0. The van der Waals surface area contributed by atoms with Crippen LogP contribution in [0.5, 0.6) is 0 Å². The van der Waals surface area contributed by atoms with Crippen molar-refractivity contribution in [2.75, 3.05) is 0 Å². The Balaban J connectivity index is 1.83. The molecule has 4 heteroatoms. The van der Waals surface area contributed by atoms with Crippen molar-refractivity contribution in [3.63, 3.8) is 0 Å². The Labute approximate surface area is 111 Å². The maximum atomic E-state index is 13.2. The monoisotopic (exact) mass is 256 g/mol. The molecule has 0 atom stereocenters. The number of nitrogens with one attached hydrogen (secondary N) is 1. The van der Waals surface area contributed by atoms with Crippen molar-refractivity contribution in [3.8, 4) is 6.07 Å². The van der Waals surface area contributed by atoms with Crippen LogP contribution in [0.2, 0.25) is 0 Å². The van der Waals surface area contributed by atoms with E-state index in [9.17, 15) is 4.39 Å². The fourth-order valence-corrected chi connectivity index (χ4v) is 1.66. The van der Waals surface area contributed by atoms with Gasteiger partial charge in [-0.1, -0.05) is 30.3 Å². The van der Waals surface area contributed by atoms with E-state index in [1.54, 1.807) is 6.07 Å². The van der Waals surface area contributed by atoms with E-state index in [-0.39, 0.29) is 0 Å². The van der Waals surface area contributed by atoms with Gasteiger partial charge in [-0.25, -0.2) is 4.39 Å². The molecule has 0 amide bonds. The number of benzene rings is 2. The van der Waals surface area contributed by atoms with Crippen LogP contribution in [0.25, 0.3) is 0 Å². The fourth-order valence-electron chi connectivity index (χ4n) is 1.66. The Bertz CT molecular complexity index is 578. The van der Waals surface area contributed by atoms with Gasteiger partial charge in [-0.15, -0.1) is 0 Å². The number of hydrogen-bond acceptors (Lipinski definition) is 3. The Morgan fingerprint density at radius 2 is 1.89 bits per heavy atom. The fraction of sp³-hybridized carbons (Fsp3) is 0.133. The molecule has 0 spiro atoms. The number of nitrogens with zero attached hydrogens (tertiary/aromatic N) is 1. The van der Waals surface area contributed by atoms with E-state index in [1.807, 2.05) is 36.4 Å². The van der Waals surface area contributed by atoms with Crippen molar-refractivity contribution in [2.24, 2.45) is 0 Å². The number of halogens is 1. The van der Waals surface area contributed by atoms with E-state index in [0.717, 1.165) is 5.56 Å². The smallest absolute Gasteiger partial charge is 0.124 e. The molecule has 0 aliphatic rings. The topological polar surface area (TPSA) is 45.0 Å². The van der Waals surface area contributed by atoms with Gasteiger partial charge in [-0.3, -0.25) is 4.84 Å². The molecule has 0 aliphatic heterocycles. The summed E-state index contributed by atoms with van der Waals surface area (Å²) < 4.78 is 13.2. The first-order valence-electron chi connectivity index (χ1n) is 5.86. The van der Waals surface area contributed by atoms with Gasteiger partial charge < -0.3 is 0 Å². The van der Waals surface area contributed by atoms with Gasteiger partial charge in [0.15, 0.2) is 0 Å². The molecule has 2 aromatic carbocycles. The summed E-state index contributed by atoms with van der Waals surface area (Å²) in [7, 11) is 0. The second-order valence-electron chi connectivity index (χ2n) is 4.06. The summed E-state index contributed by atoms with van der Waals surface area (Å²) in [6, 6.07) is 15.8. The van der Waals surface area contributed by atoms with Crippen LogP contribution in [0.3, 0.4) is 0 Å². The summed E-state index contributed by atoms with van der Waals surface area (Å²) >= 11 is 0. The molecular formula is C15H13FN2O. The van der Waals surface area contributed by atoms with Gasteiger partial charge in [-0.2, -0.15) is 10.7 Å². The van der Waals surface area contributed by atoms with Gasteiger partial charge in [0.05, 0.1) is 18.2 Å². The third-order valence-electron chi connectivity index (χ3n) is 2.55. The number of nitriles is 1. The molecule has 0 unspecified atom stereocenters. The van der Waals surface area contributed by atoms with Crippen LogP contribution >= 0.6 is 0 Å². The lowest BCUT2D eigenvalue weighted by Crippen LogP contribution is -2.14. The van der Waals surface area contributed by atoms with Crippen molar-refractivity contribution in [2.45, 2.75) is 13.2 Å². The summed E-state index contributed by atoms with van der Waals surface area (Å²) in [6.45, 7) is 0.778. The Morgan fingerprint density at radius 3 is 2.63 bits per heavy atom. The van der Waals surface area contributed by atoms with Crippen molar-refractivity contribution in [1.82, 2.24) is 5.48 Å². The predicted molar refractivity (Wildman–Crippen MR) is 69.2 cm³/mol. The van der Waals surface area contributed by atoms with E-state index in [0.29, 0.717) is 24.3 Å². The molecule has 0 saturated carbocycles. The van der Waals surface area contributed by atoms with Crippen molar-refractivity contribution < 1.29 is 9.23 Å². The molecule has 2 rings (SSSR count). The lowest BCUT2D eigenvalue weighted by atomic mass is 10.1. The first-order chi connectivity index (χ1) is 9.28. The van der Waals surface area contributed by atoms with E-state index < -0.39 is 5.82 Å². The van der Waals surface area contributed by atoms with E-state index in [1.165, 1.54) is 12.1 Å². The first kappa shape index (κ1) is 13.2. The third kappa shape index (κ3) is 4.18. The molecule has 0 aromatic heterocycles. The number of hydroxylamine groups is 1. The first-order valence-corrected chi connectivity index (χ1v) is 5.86. The minimum absolute atomic E-state index is 0.305. The van der Waals surface area contributed by atoms with E-state index in [2.05, 4.69) is 5.48 Å². The standard InChI is InChI=1S/C15H13FN2O/c16-15-7-13(9-17)6-14(8-15)10-18-19-11-12-4-2-1-3-5-12/h1-8,18H,10-11H2. The van der Waals surface area contributed by atoms with Crippen LogP contribution in [-0.2, 0) is 18.0 Å². The summed E-state index contributed by atoms with van der Waals surface area (Å²) in [5.74, 6) is -0.418. The molecule has 0 fully saturated rings. The third-order valence-corrected chi connectivity index (χ3v) is 2.55. The van der Waals surface area contributed by atoms with Crippen LogP contribution < -0.4 is 5.48 Å². The van der Waals surface area contributed by atoms with E-state index >= 15 is 0 Å². The Hall–Kier alpha value is -2.22. The summed E-state index contributed by atoms with van der Waals surface area (Å²) in [5.41, 5.74) is 4.78. The number of rotatable bonds is 5. The average molecular weight is 256 g/mol. The molecule has 96 valence electrons. The van der Waals surface area contributed by atoms with Gasteiger partial charge in [0.25, 0.3) is 0 Å². The summed E-state index contributed by atoms with van der Waals surface area (Å²) in [4.78, 5) is 5.28. The van der Waals surface area contributed by atoms with Crippen molar-refractivity contribution >= 4 is 0 Å². The minimum atomic E-state index is -0.418. The quantitative estimate of drug-likeness (QED) is 0.661. The molecule has 0 radical (unpaired) electrons. The molecule has 0 saturated heterocycles. The normalized spacial score (nSPS) is 10.1. The predicted octanol–water partition coefficient (Wildman–Crippen LogP) is 2.92. The molecular weight excluding hydrogens is 243 g/mol. The maximum Gasteiger partial charge on any atom is 0.124 e. The molecule has 0 aliphatic carbocycles. The average Bonchev–Trinajstić information content (AvgIpc) is 2.44. The van der Waals surface area contributed by atoms with Gasteiger partial charge >= 0.3 is 0 Å². The van der Waals surface area contributed by atoms with E-state index in [4.69, 9.17) is 10.1 Å². The highest BCUT2D eigenvalue weighted by molar-refractivity contribution is 5.33. The molecule has 1 N–H and O–H groups in total. The lowest BCUT2D eigenvalue weighted by molar-refractivity contribution is 0.0234. The second-order valence-corrected chi connectivity index (χ2v) is 4.06. The maximum absolute atomic E-state index is 13.2. The zero-order valence-electron chi connectivity index (χ0n) is 10.3. The van der Waals surface area contributed by atoms with Crippen LogP contribution in [0, 0.1) is 17.1 Å². The van der Waals surface area contributed by atoms with Gasteiger partial charge in [0.1, 0.15) is 5.82 Å². The highest BCUT2D eigenvalue weighted by atomic mass is 19.1. The molecule has 0 heterocycles. The minimum Gasteiger partial charge on any atom is -0.297 e. The molecule has 0 bridgehead atoms. The van der Waals surface area contributed by atoms with Crippen LogP contribution in [0.1, 0.15) is 16.7 Å². The Morgan fingerprint density at radius 1 is 1.11 bits per heavy atom. The lowest BCUT2D eigenvalue weighted by Gasteiger charge is -2.06. The summed E-state index contributed by atoms with van der Waals surface area (Å²) in [5, 5.41) is 8.74. The highest BCUT2D eigenvalue weighted by Gasteiger charge is 2.00. The number of hydrogen-bond donors (Lipinski definition) is 1. The SMILES string of the molecule is N#Cc1cc(F)cc(CNOCc2ccccc2)c1. The van der Waals surface area contributed by atoms with Crippen LogP contribution in [0.15, 0.2) is 48.5 Å². The zero-order valence-corrected chi connectivity index (χ0v) is 10.3. The van der Waals surface area contributed by atoms with Gasteiger partial charge in [0, 0.05) is 6.54 Å². The van der Waals surface area contributed by atoms with Gasteiger partial charge in [0.2, 0.25) is 0 Å². The largest absolute Gasteiger partial charge is 0.297 e. The van der Waals surface area contributed by atoms with Crippen LogP contribution in [0.4, 0.5) is 4.39 Å². The van der Waals surface area contributed by atoms with Crippen molar-refractivity contribution in [3.05, 3.63) is 71.0 Å². The second kappa shape index (κ2) is 6.64. The van der Waals surface area contributed by atoms with Crippen molar-refractivity contribution in [1.29, 1.82) is 5.26 Å².